The van der Waals surface area contributed by atoms with Crippen LogP contribution in [0.3, 0.4) is 0 Å². The van der Waals surface area contributed by atoms with E-state index in [9.17, 15) is 14.0 Å². The number of hydrogen-bond acceptors (Lipinski definition) is 2. The normalized spacial score (nSPS) is 15.3. The summed E-state index contributed by atoms with van der Waals surface area (Å²) in [6.07, 6.45) is 1.45. The van der Waals surface area contributed by atoms with E-state index >= 15 is 0 Å². The third-order valence-electron chi connectivity index (χ3n) is 4.28. The fourth-order valence-corrected chi connectivity index (χ4v) is 3.49. The molecule has 1 fully saturated rings. The Labute approximate surface area is 159 Å². The topological polar surface area (TPSA) is 49.4 Å². The van der Waals surface area contributed by atoms with Crippen LogP contribution >= 0.6 is 22.6 Å². The SMILES string of the molecule is CC(NC(=O)c1cc(F)ccc1I)c1cccc(N2CCCC2=O)c1. The molecule has 0 radical (unpaired) electrons. The average molecular weight is 452 g/mol. The van der Waals surface area contributed by atoms with Gasteiger partial charge in [-0.2, -0.15) is 0 Å². The van der Waals surface area contributed by atoms with E-state index in [4.69, 9.17) is 0 Å². The summed E-state index contributed by atoms with van der Waals surface area (Å²) in [4.78, 5) is 26.1. The van der Waals surface area contributed by atoms with Crippen molar-refractivity contribution in [3.8, 4) is 0 Å². The number of hydrogen-bond donors (Lipinski definition) is 1. The molecular weight excluding hydrogens is 434 g/mol. The molecule has 1 unspecified atom stereocenters. The van der Waals surface area contributed by atoms with Crippen LogP contribution in [0.15, 0.2) is 42.5 Å². The number of nitrogens with one attached hydrogen (secondary N) is 1. The summed E-state index contributed by atoms with van der Waals surface area (Å²) < 4.78 is 14.1. The van der Waals surface area contributed by atoms with Crippen molar-refractivity contribution >= 4 is 40.1 Å². The van der Waals surface area contributed by atoms with Crippen LogP contribution < -0.4 is 10.2 Å². The Morgan fingerprint density at radius 2 is 2.08 bits per heavy atom. The number of rotatable bonds is 4. The van der Waals surface area contributed by atoms with Gasteiger partial charge < -0.3 is 10.2 Å². The minimum absolute atomic E-state index is 0.128. The van der Waals surface area contributed by atoms with E-state index in [1.165, 1.54) is 12.1 Å². The predicted molar refractivity (Wildman–Crippen MR) is 103 cm³/mol. The van der Waals surface area contributed by atoms with Gasteiger partial charge in [-0.15, -0.1) is 0 Å². The maximum absolute atomic E-state index is 13.4. The Morgan fingerprint density at radius 1 is 1.28 bits per heavy atom. The second-order valence-electron chi connectivity index (χ2n) is 6.06. The number of nitrogens with zero attached hydrogens (tertiary/aromatic N) is 1. The molecule has 1 aliphatic heterocycles. The van der Waals surface area contributed by atoms with Gasteiger partial charge in [0.25, 0.3) is 5.91 Å². The van der Waals surface area contributed by atoms with Crippen molar-refractivity contribution in [1.82, 2.24) is 5.32 Å². The van der Waals surface area contributed by atoms with Crippen LogP contribution in [0.25, 0.3) is 0 Å². The minimum atomic E-state index is -0.437. The highest BCUT2D eigenvalue weighted by molar-refractivity contribution is 14.1. The van der Waals surface area contributed by atoms with Crippen molar-refractivity contribution in [1.29, 1.82) is 0 Å². The molecule has 1 heterocycles. The number of carbonyl (C=O) groups excluding carboxylic acids is 2. The zero-order chi connectivity index (χ0) is 18.0. The van der Waals surface area contributed by atoms with Gasteiger partial charge in [-0.1, -0.05) is 12.1 Å². The lowest BCUT2D eigenvalue weighted by Crippen LogP contribution is -2.28. The number of benzene rings is 2. The van der Waals surface area contributed by atoms with Crippen molar-refractivity contribution in [3.63, 3.8) is 0 Å². The van der Waals surface area contributed by atoms with Gasteiger partial charge in [0.1, 0.15) is 5.82 Å². The van der Waals surface area contributed by atoms with Gasteiger partial charge in [0, 0.05) is 22.2 Å². The van der Waals surface area contributed by atoms with E-state index in [1.54, 1.807) is 11.0 Å². The van der Waals surface area contributed by atoms with Gasteiger partial charge in [-0.25, -0.2) is 4.39 Å². The molecule has 2 amide bonds. The van der Waals surface area contributed by atoms with Crippen LogP contribution in [0.5, 0.6) is 0 Å². The van der Waals surface area contributed by atoms with Crippen molar-refractivity contribution in [3.05, 3.63) is 63.0 Å². The standard InChI is InChI=1S/C19H18FIN2O2/c1-12(22-19(25)16-11-14(20)7-8-17(16)21)13-4-2-5-15(10-13)23-9-3-6-18(23)24/h2,4-5,7-8,10-12H,3,6,9H2,1H3,(H,22,25). The highest BCUT2D eigenvalue weighted by atomic mass is 127. The minimum Gasteiger partial charge on any atom is -0.345 e. The Hall–Kier alpha value is -1.96. The molecule has 25 heavy (non-hydrogen) atoms. The molecule has 1 saturated heterocycles. The molecule has 4 nitrogen and oxygen atoms in total. The maximum Gasteiger partial charge on any atom is 0.252 e. The zero-order valence-electron chi connectivity index (χ0n) is 13.8. The van der Waals surface area contributed by atoms with E-state index in [-0.39, 0.29) is 17.9 Å². The summed E-state index contributed by atoms with van der Waals surface area (Å²) in [5.41, 5.74) is 2.07. The molecule has 0 spiro atoms. The zero-order valence-corrected chi connectivity index (χ0v) is 15.9. The van der Waals surface area contributed by atoms with Gasteiger partial charge in [0.05, 0.1) is 11.6 Å². The first-order valence-corrected chi connectivity index (χ1v) is 9.20. The molecule has 1 aliphatic rings. The lowest BCUT2D eigenvalue weighted by Gasteiger charge is -2.20. The molecule has 3 rings (SSSR count). The summed E-state index contributed by atoms with van der Waals surface area (Å²) >= 11 is 2.02. The van der Waals surface area contributed by atoms with Crippen molar-refractivity contribution in [2.75, 3.05) is 11.4 Å². The predicted octanol–water partition coefficient (Wildman–Crippen LogP) is 4.05. The average Bonchev–Trinajstić information content (AvgIpc) is 3.03. The third-order valence-corrected chi connectivity index (χ3v) is 5.22. The molecule has 2 aromatic rings. The molecule has 2 aromatic carbocycles. The summed E-state index contributed by atoms with van der Waals surface area (Å²) in [6.45, 7) is 2.60. The van der Waals surface area contributed by atoms with Gasteiger partial charge in [0.15, 0.2) is 0 Å². The fraction of sp³-hybridized carbons (Fsp3) is 0.263. The molecule has 6 heteroatoms. The number of anilines is 1. The number of amides is 2. The molecular formula is C19H18FIN2O2. The summed E-state index contributed by atoms with van der Waals surface area (Å²) in [5, 5.41) is 2.90. The van der Waals surface area contributed by atoms with Crippen molar-refractivity contribution in [2.45, 2.75) is 25.8 Å². The highest BCUT2D eigenvalue weighted by Gasteiger charge is 2.22. The number of halogens is 2. The van der Waals surface area contributed by atoms with Crippen molar-refractivity contribution < 1.29 is 14.0 Å². The molecule has 0 aromatic heterocycles. The lowest BCUT2D eigenvalue weighted by atomic mass is 10.1. The van der Waals surface area contributed by atoms with Gasteiger partial charge in [-0.3, -0.25) is 9.59 Å². The van der Waals surface area contributed by atoms with Gasteiger partial charge in [-0.05, 0) is 71.8 Å². The summed E-state index contributed by atoms with van der Waals surface area (Å²) in [7, 11) is 0. The van der Waals surface area contributed by atoms with Gasteiger partial charge >= 0.3 is 0 Å². The summed E-state index contributed by atoms with van der Waals surface area (Å²) in [5.74, 6) is -0.630. The molecule has 1 atom stereocenters. The first-order chi connectivity index (χ1) is 12.0. The Kier molecular flexibility index (Phi) is 5.36. The second kappa shape index (κ2) is 7.51. The monoisotopic (exact) mass is 452 g/mol. The maximum atomic E-state index is 13.4. The van der Waals surface area contributed by atoms with Crippen LogP contribution in [0.1, 0.15) is 41.7 Å². The van der Waals surface area contributed by atoms with Crippen molar-refractivity contribution in [2.24, 2.45) is 0 Å². The molecule has 0 bridgehead atoms. The van der Waals surface area contributed by atoms with Gasteiger partial charge in [0.2, 0.25) is 5.91 Å². The van der Waals surface area contributed by atoms with E-state index < -0.39 is 5.82 Å². The highest BCUT2D eigenvalue weighted by Crippen LogP contribution is 2.25. The molecule has 130 valence electrons. The lowest BCUT2D eigenvalue weighted by molar-refractivity contribution is -0.117. The largest absolute Gasteiger partial charge is 0.345 e. The van der Waals surface area contributed by atoms with E-state index in [2.05, 4.69) is 5.32 Å². The van der Waals surface area contributed by atoms with Crippen LogP contribution in [0.4, 0.5) is 10.1 Å². The quantitative estimate of drug-likeness (QED) is 0.712. The van der Waals surface area contributed by atoms with Crippen LogP contribution in [-0.2, 0) is 4.79 Å². The Bertz CT molecular complexity index is 825. The smallest absolute Gasteiger partial charge is 0.252 e. The van der Waals surface area contributed by atoms with Crippen LogP contribution in [0, 0.1) is 9.39 Å². The molecule has 0 saturated carbocycles. The van der Waals surface area contributed by atoms with E-state index in [0.29, 0.717) is 15.6 Å². The fourth-order valence-electron chi connectivity index (χ4n) is 2.91. The van der Waals surface area contributed by atoms with E-state index in [0.717, 1.165) is 24.2 Å². The Balaban J connectivity index is 1.77. The van der Waals surface area contributed by atoms with Crippen LogP contribution in [0.2, 0.25) is 0 Å². The molecule has 1 N–H and O–H groups in total. The number of carbonyl (C=O) groups is 2. The van der Waals surface area contributed by atoms with Crippen LogP contribution in [-0.4, -0.2) is 18.4 Å². The molecule has 0 aliphatic carbocycles. The Morgan fingerprint density at radius 3 is 2.80 bits per heavy atom. The van der Waals surface area contributed by atoms with E-state index in [1.807, 2.05) is 53.8 Å². The second-order valence-corrected chi connectivity index (χ2v) is 7.23. The first kappa shape index (κ1) is 17.8. The first-order valence-electron chi connectivity index (χ1n) is 8.12. The third kappa shape index (κ3) is 4.00. The summed E-state index contributed by atoms with van der Waals surface area (Å²) in [6, 6.07) is 11.5.